The van der Waals surface area contributed by atoms with Crippen LogP contribution in [0.15, 0.2) is 0 Å². The number of rotatable bonds is 3. The highest BCUT2D eigenvalue weighted by atomic mass is 35.5. The van der Waals surface area contributed by atoms with Gasteiger partial charge in [-0.25, -0.2) is 4.98 Å². The molecular formula is C11H18ClN3O. The van der Waals surface area contributed by atoms with Crippen molar-refractivity contribution in [2.75, 3.05) is 7.11 Å². The normalized spacial score (nSPS) is 30.6. The number of methoxy groups -OCH3 is 1. The van der Waals surface area contributed by atoms with Crippen LogP contribution in [-0.2, 0) is 16.2 Å². The van der Waals surface area contributed by atoms with E-state index in [1.54, 1.807) is 7.11 Å². The lowest BCUT2D eigenvalue weighted by molar-refractivity contribution is -0.0595. The minimum absolute atomic E-state index is 0.298. The van der Waals surface area contributed by atoms with Crippen LogP contribution in [0.4, 0.5) is 0 Å². The van der Waals surface area contributed by atoms with Gasteiger partial charge in [0.1, 0.15) is 11.4 Å². The molecule has 5 heteroatoms. The first-order chi connectivity index (χ1) is 7.70. The molecule has 4 nitrogen and oxygen atoms in total. The number of alkyl halides is 1. The third-order valence-electron chi connectivity index (χ3n) is 3.54. The number of ether oxygens (including phenoxy) is 1. The topological polar surface area (TPSA) is 50.8 Å². The van der Waals surface area contributed by atoms with Crippen molar-refractivity contribution in [1.82, 2.24) is 15.2 Å². The van der Waals surface area contributed by atoms with Crippen molar-refractivity contribution in [2.45, 2.75) is 44.1 Å². The summed E-state index contributed by atoms with van der Waals surface area (Å²) in [4.78, 5) is 4.40. The van der Waals surface area contributed by atoms with E-state index in [-0.39, 0.29) is 5.60 Å². The fourth-order valence-corrected chi connectivity index (χ4v) is 2.43. The number of hydrogen-bond acceptors (Lipinski definition) is 3. The van der Waals surface area contributed by atoms with Crippen molar-refractivity contribution < 1.29 is 4.74 Å². The minimum atomic E-state index is -0.298. The standard InChI is InChI=1S/C11H18ClN3O/c1-8-3-5-11(16-2,6-4-8)10-13-9(7-12)14-15-10/h8H,3-7H2,1-2H3,(H,13,14,15). The molecule has 1 N–H and O–H groups in total. The van der Waals surface area contributed by atoms with Crippen LogP contribution in [0, 0.1) is 5.92 Å². The van der Waals surface area contributed by atoms with Gasteiger partial charge >= 0.3 is 0 Å². The number of H-pyrrole nitrogens is 1. The summed E-state index contributed by atoms with van der Waals surface area (Å²) in [5.41, 5.74) is -0.298. The highest BCUT2D eigenvalue weighted by molar-refractivity contribution is 6.16. The van der Waals surface area contributed by atoms with E-state index in [1.807, 2.05) is 0 Å². The van der Waals surface area contributed by atoms with E-state index in [1.165, 1.54) is 12.8 Å². The Morgan fingerprint density at radius 2 is 2.19 bits per heavy atom. The smallest absolute Gasteiger partial charge is 0.182 e. The van der Waals surface area contributed by atoms with Crippen molar-refractivity contribution in [3.8, 4) is 0 Å². The first-order valence-electron chi connectivity index (χ1n) is 5.73. The molecule has 1 aromatic rings. The van der Waals surface area contributed by atoms with Crippen molar-refractivity contribution in [1.29, 1.82) is 0 Å². The number of aromatic nitrogens is 3. The van der Waals surface area contributed by atoms with Gasteiger partial charge in [-0.2, -0.15) is 5.10 Å². The summed E-state index contributed by atoms with van der Waals surface area (Å²) >= 11 is 5.72. The Labute approximate surface area is 101 Å². The molecule has 1 aromatic heterocycles. The average Bonchev–Trinajstić information content (AvgIpc) is 2.80. The van der Waals surface area contributed by atoms with Crippen LogP contribution >= 0.6 is 11.6 Å². The Morgan fingerprint density at radius 3 is 2.69 bits per heavy atom. The monoisotopic (exact) mass is 243 g/mol. The van der Waals surface area contributed by atoms with Gasteiger partial charge in [-0.05, 0) is 31.6 Å². The lowest BCUT2D eigenvalue weighted by atomic mass is 9.79. The molecule has 0 aliphatic heterocycles. The van der Waals surface area contributed by atoms with Crippen LogP contribution in [0.1, 0.15) is 44.3 Å². The van der Waals surface area contributed by atoms with Crippen molar-refractivity contribution in [2.24, 2.45) is 5.92 Å². The van der Waals surface area contributed by atoms with E-state index in [2.05, 4.69) is 22.1 Å². The fraction of sp³-hybridized carbons (Fsp3) is 0.818. The molecule has 1 heterocycles. The molecule has 16 heavy (non-hydrogen) atoms. The largest absolute Gasteiger partial charge is 0.370 e. The summed E-state index contributed by atoms with van der Waals surface area (Å²) < 4.78 is 5.68. The maximum atomic E-state index is 5.72. The van der Waals surface area contributed by atoms with E-state index < -0.39 is 0 Å². The molecule has 1 fully saturated rings. The van der Waals surface area contributed by atoms with E-state index in [9.17, 15) is 0 Å². The molecule has 1 aliphatic rings. The highest BCUT2D eigenvalue weighted by Gasteiger charge is 2.39. The van der Waals surface area contributed by atoms with E-state index in [0.717, 1.165) is 24.6 Å². The maximum absolute atomic E-state index is 5.72. The molecule has 0 aromatic carbocycles. The number of nitrogens with zero attached hydrogens (tertiary/aromatic N) is 2. The van der Waals surface area contributed by atoms with Gasteiger partial charge < -0.3 is 4.74 Å². The number of nitrogens with one attached hydrogen (secondary N) is 1. The first-order valence-corrected chi connectivity index (χ1v) is 6.26. The second kappa shape index (κ2) is 4.72. The van der Waals surface area contributed by atoms with Gasteiger partial charge in [0.25, 0.3) is 0 Å². The first kappa shape index (κ1) is 11.9. The third-order valence-corrected chi connectivity index (χ3v) is 3.79. The highest BCUT2D eigenvalue weighted by Crippen LogP contribution is 2.40. The number of hydrogen-bond donors (Lipinski definition) is 1. The summed E-state index contributed by atoms with van der Waals surface area (Å²) in [5, 5.41) is 7.08. The molecule has 1 saturated carbocycles. The summed E-state index contributed by atoms with van der Waals surface area (Å²) in [5.74, 6) is 2.61. The van der Waals surface area contributed by atoms with Crippen molar-refractivity contribution in [3.63, 3.8) is 0 Å². The SMILES string of the molecule is COC1(c2n[nH]c(CCl)n2)CCC(C)CC1. The van der Waals surface area contributed by atoms with Gasteiger partial charge in [-0.15, -0.1) is 11.6 Å². The molecule has 90 valence electrons. The summed E-state index contributed by atoms with van der Waals surface area (Å²) in [6.45, 7) is 2.28. The van der Waals surface area contributed by atoms with Gasteiger partial charge in [0.05, 0.1) is 5.88 Å². The number of halogens is 1. The summed E-state index contributed by atoms with van der Waals surface area (Å²) in [6, 6.07) is 0. The predicted octanol–water partition coefficient (Wildman–Crippen LogP) is 2.60. The Morgan fingerprint density at radius 1 is 1.50 bits per heavy atom. The van der Waals surface area contributed by atoms with Gasteiger partial charge in [-0.1, -0.05) is 6.92 Å². The zero-order valence-corrected chi connectivity index (χ0v) is 10.5. The molecule has 0 amide bonds. The summed E-state index contributed by atoms with van der Waals surface area (Å²) in [7, 11) is 1.74. The minimum Gasteiger partial charge on any atom is -0.370 e. The van der Waals surface area contributed by atoms with Crippen LogP contribution in [0.5, 0.6) is 0 Å². The predicted molar refractivity (Wildman–Crippen MR) is 62.3 cm³/mol. The molecule has 0 saturated heterocycles. The third kappa shape index (κ3) is 2.09. The van der Waals surface area contributed by atoms with Crippen molar-refractivity contribution >= 4 is 11.6 Å². The van der Waals surface area contributed by atoms with E-state index in [4.69, 9.17) is 16.3 Å². The summed E-state index contributed by atoms with van der Waals surface area (Å²) in [6.07, 6.45) is 4.31. The second-order valence-corrected chi connectivity index (χ2v) is 4.89. The molecule has 0 unspecified atom stereocenters. The molecule has 0 atom stereocenters. The quantitative estimate of drug-likeness (QED) is 0.831. The zero-order valence-electron chi connectivity index (χ0n) is 9.79. The molecule has 1 aliphatic carbocycles. The Kier molecular flexibility index (Phi) is 3.50. The van der Waals surface area contributed by atoms with Gasteiger partial charge in [0, 0.05) is 7.11 Å². The second-order valence-electron chi connectivity index (χ2n) is 4.62. The van der Waals surface area contributed by atoms with E-state index >= 15 is 0 Å². The maximum Gasteiger partial charge on any atom is 0.182 e. The molecule has 0 spiro atoms. The molecule has 0 bridgehead atoms. The lowest BCUT2D eigenvalue weighted by Crippen LogP contribution is -2.34. The lowest BCUT2D eigenvalue weighted by Gasteiger charge is -2.35. The molecule has 0 radical (unpaired) electrons. The van der Waals surface area contributed by atoms with Gasteiger partial charge in [0.15, 0.2) is 5.82 Å². The van der Waals surface area contributed by atoms with Crippen LogP contribution in [-0.4, -0.2) is 22.3 Å². The van der Waals surface area contributed by atoms with Crippen LogP contribution in [0.2, 0.25) is 0 Å². The van der Waals surface area contributed by atoms with Crippen molar-refractivity contribution in [3.05, 3.63) is 11.6 Å². The Balaban J connectivity index is 2.20. The van der Waals surface area contributed by atoms with Crippen LogP contribution in [0.25, 0.3) is 0 Å². The van der Waals surface area contributed by atoms with Crippen LogP contribution < -0.4 is 0 Å². The Hall–Kier alpha value is -0.610. The zero-order chi connectivity index (χ0) is 11.6. The fourth-order valence-electron chi connectivity index (χ4n) is 2.31. The Bertz CT molecular complexity index is 345. The molecule has 2 rings (SSSR count). The van der Waals surface area contributed by atoms with Gasteiger partial charge in [-0.3, -0.25) is 5.10 Å². The number of aromatic amines is 1. The van der Waals surface area contributed by atoms with Gasteiger partial charge in [0.2, 0.25) is 0 Å². The average molecular weight is 244 g/mol. The molecular weight excluding hydrogens is 226 g/mol. The van der Waals surface area contributed by atoms with Crippen LogP contribution in [0.3, 0.4) is 0 Å². The van der Waals surface area contributed by atoms with E-state index in [0.29, 0.717) is 11.7 Å².